The van der Waals surface area contributed by atoms with E-state index in [1.165, 1.54) is 12.8 Å². The lowest BCUT2D eigenvalue weighted by Crippen LogP contribution is -2.38. The van der Waals surface area contributed by atoms with Gasteiger partial charge in [0.05, 0.1) is 13.3 Å². The van der Waals surface area contributed by atoms with Crippen LogP contribution in [0.25, 0.3) is 0 Å². The molecule has 1 saturated carbocycles. The topological polar surface area (TPSA) is 56.6 Å². The first-order chi connectivity index (χ1) is 11.8. The lowest BCUT2D eigenvalue weighted by atomic mass is 9.96. The van der Waals surface area contributed by atoms with Gasteiger partial charge in [-0.1, -0.05) is 12.1 Å². The van der Waals surface area contributed by atoms with E-state index in [0.29, 0.717) is 18.5 Å². The summed E-state index contributed by atoms with van der Waals surface area (Å²) in [6, 6.07) is 5.93. The summed E-state index contributed by atoms with van der Waals surface area (Å²) in [5.41, 5.74) is 1.03. The number of fused-ring (bicyclic) bond motifs is 2. The summed E-state index contributed by atoms with van der Waals surface area (Å²) in [7, 11) is 1.66. The average Bonchev–Trinajstić information content (AvgIpc) is 3.39. The van der Waals surface area contributed by atoms with Crippen molar-refractivity contribution in [1.29, 1.82) is 0 Å². The first-order valence-corrected chi connectivity index (χ1v) is 8.20. The van der Waals surface area contributed by atoms with Gasteiger partial charge in [-0.05, 0) is 30.9 Å². The quantitative estimate of drug-likeness (QED) is 0.856. The Morgan fingerprint density at radius 1 is 1.21 bits per heavy atom. The molecule has 0 N–H and O–H groups in total. The predicted octanol–water partition coefficient (Wildman–Crippen LogP) is 3.01. The van der Waals surface area contributed by atoms with Crippen LogP contribution in [0, 0.1) is 11.8 Å². The van der Waals surface area contributed by atoms with Crippen LogP contribution in [0.1, 0.15) is 12.8 Å². The molecular formula is C17H18N6O. The molecule has 0 unspecified atom stereocenters. The van der Waals surface area contributed by atoms with Crippen molar-refractivity contribution in [3.8, 4) is 0 Å². The van der Waals surface area contributed by atoms with Crippen LogP contribution in [0.2, 0.25) is 0 Å². The summed E-state index contributed by atoms with van der Waals surface area (Å²) in [5, 5.41) is 10.7. The van der Waals surface area contributed by atoms with Crippen molar-refractivity contribution in [2.75, 3.05) is 18.7 Å². The molecule has 0 radical (unpaired) electrons. The molecule has 4 heterocycles. The van der Waals surface area contributed by atoms with E-state index in [0.717, 1.165) is 23.2 Å². The van der Waals surface area contributed by atoms with Crippen molar-refractivity contribution in [3.63, 3.8) is 0 Å². The van der Waals surface area contributed by atoms with Gasteiger partial charge in [0.25, 0.3) is 0 Å². The highest BCUT2D eigenvalue weighted by atomic mass is 16.7. The standard InChI is InChI=1S/C17H18N6O/c1-24-21-10-15-19-20-16-13(12-5-6-12)7-9-22(17(16)23(15)11-21)14-4-2-3-8-18-14/h2-4,7-10,12-13H,5-6,11H2,1H3/t13-/m1/s1. The number of allylic oxidation sites excluding steroid dienone is 1. The number of hydrogen-bond donors (Lipinski definition) is 0. The number of aromatic nitrogens is 1. The molecule has 24 heavy (non-hydrogen) atoms. The molecule has 122 valence electrons. The van der Waals surface area contributed by atoms with E-state index in [1.54, 1.807) is 12.2 Å². The van der Waals surface area contributed by atoms with Crippen molar-refractivity contribution in [2.24, 2.45) is 22.1 Å². The fraction of sp³-hybridized carbons (Fsp3) is 0.353. The van der Waals surface area contributed by atoms with Crippen LogP contribution in [0.3, 0.4) is 0 Å². The highest BCUT2D eigenvalue weighted by Gasteiger charge is 2.42. The van der Waals surface area contributed by atoms with Gasteiger partial charge in [0.2, 0.25) is 0 Å². The molecule has 1 aromatic rings. The Morgan fingerprint density at radius 2 is 2.12 bits per heavy atom. The van der Waals surface area contributed by atoms with Crippen LogP contribution in [-0.4, -0.2) is 28.7 Å². The van der Waals surface area contributed by atoms with Crippen LogP contribution in [-0.2, 0) is 4.84 Å². The highest BCUT2D eigenvalue weighted by Crippen LogP contribution is 2.47. The molecule has 3 aliphatic heterocycles. The van der Waals surface area contributed by atoms with E-state index >= 15 is 0 Å². The Bertz CT molecular complexity index is 780. The Hall–Kier alpha value is -2.67. The first kappa shape index (κ1) is 13.7. The van der Waals surface area contributed by atoms with Crippen molar-refractivity contribution in [3.05, 3.63) is 60.2 Å². The van der Waals surface area contributed by atoms with Crippen molar-refractivity contribution in [2.45, 2.75) is 12.8 Å². The molecule has 0 amide bonds. The third-order valence-electron chi connectivity index (χ3n) is 4.81. The number of rotatable bonds is 3. The normalized spacial score (nSPS) is 25.1. The molecular weight excluding hydrogens is 304 g/mol. The summed E-state index contributed by atoms with van der Waals surface area (Å²) in [6.07, 6.45) is 10.6. The van der Waals surface area contributed by atoms with Gasteiger partial charge in [-0.25, -0.2) is 10.0 Å². The van der Waals surface area contributed by atoms with Crippen molar-refractivity contribution < 1.29 is 4.84 Å². The van der Waals surface area contributed by atoms with Crippen molar-refractivity contribution in [1.82, 2.24) is 14.9 Å². The summed E-state index contributed by atoms with van der Waals surface area (Å²) >= 11 is 0. The third-order valence-corrected chi connectivity index (χ3v) is 4.81. The lowest BCUT2D eigenvalue weighted by Gasteiger charge is -2.37. The summed E-state index contributed by atoms with van der Waals surface area (Å²) in [4.78, 5) is 14.1. The van der Waals surface area contributed by atoms with E-state index in [-0.39, 0.29) is 0 Å². The van der Waals surface area contributed by atoms with E-state index < -0.39 is 0 Å². The summed E-state index contributed by atoms with van der Waals surface area (Å²) in [5.74, 6) is 3.72. The number of nitrogens with zero attached hydrogens (tertiary/aromatic N) is 6. The van der Waals surface area contributed by atoms with Gasteiger partial charge in [0, 0.05) is 18.3 Å². The maximum atomic E-state index is 5.35. The number of pyridine rings is 1. The summed E-state index contributed by atoms with van der Waals surface area (Å²) < 4.78 is 0. The Balaban J connectivity index is 1.61. The zero-order valence-electron chi connectivity index (χ0n) is 13.4. The third kappa shape index (κ3) is 2.05. The molecule has 1 aliphatic carbocycles. The molecule has 7 nitrogen and oxygen atoms in total. The van der Waals surface area contributed by atoms with Gasteiger partial charge in [-0.2, -0.15) is 0 Å². The number of hydrogen-bond acceptors (Lipinski definition) is 7. The molecule has 1 atom stereocenters. The summed E-state index contributed by atoms with van der Waals surface area (Å²) in [6.45, 7) is 0.595. The molecule has 0 saturated heterocycles. The molecule has 1 fully saturated rings. The van der Waals surface area contributed by atoms with Gasteiger partial charge < -0.3 is 0 Å². The maximum absolute atomic E-state index is 5.35. The molecule has 7 heteroatoms. The van der Waals surface area contributed by atoms with Crippen LogP contribution in [0.5, 0.6) is 0 Å². The second kappa shape index (κ2) is 5.17. The predicted molar refractivity (Wildman–Crippen MR) is 87.6 cm³/mol. The van der Waals surface area contributed by atoms with E-state index in [1.807, 2.05) is 30.6 Å². The zero-order chi connectivity index (χ0) is 16.1. The van der Waals surface area contributed by atoms with E-state index in [9.17, 15) is 0 Å². The number of azo groups is 1. The van der Waals surface area contributed by atoms with Gasteiger partial charge in [-0.3, -0.25) is 14.6 Å². The first-order valence-electron chi connectivity index (χ1n) is 8.20. The minimum atomic E-state index is 0.335. The average molecular weight is 322 g/mol. The zero-order valence-corrected chi connectivity index (χ0v) is 13.4. The smallest absolute Gasteiger partial charge is 0.177 e. The fourth-order valence-corrected chi connectivity index (χ4v) is 3.43. The Labute approximate surface area is 140 Å². The second-order valence-corrected chi connectivity index (χ2v) is 6.33. The molecule has 0 aromatic carbocycles. The molecule has 5 rings (SSSR count). The second-order valence-electron chi connectivity index (χ2n) is 6.33. The van der Waals surface area contributed by atoms with E-state index in [4.69, 9.17) is 4.84 Å². The van der Waals surface area contributed by atoms with Gasteiger partial charge in [0.15, 0.2) is 5.82 Å². The van der Waals surface area contributed by atoms with Crippen LogP contribution in [0.4, 0.5) is 5.82 Å². The van der Waals surface area contributed by atoms with Gasteiger partial charge >= 0.3 is 0 Å². The minimum Gasteiger partial charge on any atom is -0.287 e. The van der Waals surface area contributed by atoms with Gasteiger partial charge in [-0.15, -0.1) is 10.2 Å². The number of anilines is 1. The van der Waals surface area contributed by atoms with Gasteiger partial charge in [0.1, 0.15) is 24.0 Å². The minimum absolute atomic E-state index is 0.335. The highest BCUT2D eigenvalue weighted by molar-refractivity contribution is 5.54. The SMILES string of the molecule is CON1C=C2N=NC3=C(N2C1)N(c1ccccn1)C=C[C@@H]3C1CC1. The fourth-order valence-electron chi connectivity index (χ4n) is 3.43. The maximum Gasteiger partial charge on any atom is 0.177 e. The lowest BCUT2D eigenvalue weighted by molar-refractivity contribution is -0.0953. The molecule has 1 aromatic heterocycles. The van der Waals surface area contributed by atoms with Crippen molar-refractivity contribution >= 4 is 5.82 Å². The van der Waals surface area contributed by atoms with Crippen LogP contribution < -0.4 is 4.90 Å². The molecule has 0 bridgehead atoms. The monoisotopic (exact) mass is 322 g/mol. The Morgan fingerprint density at radius 3 is 2.88 bits per heavy atom. The number of hydroxylamine groups is 2. The molecule has 4 aliphatic rings. The largest absolute Gasteiger partial charge is 0.287 e. The van der Waals surface area contributed by atoms with Crippen LogP contribution >= 0.6 is 0 Å². The van der Waals surface area contributed by atoms with E-state index in [2.05, 4.69) is 37.3 Å². The molecule has 0 spiro atoms. The van der Waals surface area contributed by atoms with Crippen LogP contribution in [0.15, 0.2) is 70.4 Å². The Kier molecular flexibility index (Phi) is 2.96.